The molecule has 1 unspecified atom stereocenters. The second-order valence-electron chi connectivity index (χ2n) is 5.70. The largest absolute Gasteiger partial charge is 0.496 e. The summed E-state index contributed by atoms with van der Waals surface area (Å²) >= 11 is 0. The van der Waals surface area contributed by atoms with Gasteiger partial charge in [-0.25, -0.2) is 0 Å². The number of nitrogens with two attached hydrogens (primary N) is 1. The fourth-order valence-corrected chi connectivity index (χ4v) is 2.06. The first-order chi connectivity index (χ1) is 8.36. The standard InChI is InChI=1S/C15H26N2O/c1-11-6-7-14(18-5)13(8-11)15(3,4)10-17-9-12(2)16/h6-8,12,17H,9-10,16H2,1-5H3. The van der Waals surface area contributed by atoms with Crippen molar-refractivity contribution in [2.45, 2.75) is 39.2 Å². The molecule has 102 valence electrons. The van der Waals surface area contributed by atoms with Crippen LogP contribution in [0, 0.1) is 6.92 Å². The van der Waals surface area contributed by atoms with Crippen molar-refractivity contribution in [3.8, 4) is 5.75 Å². The molecule has 0 aliphatic heterocycles. The molecule has 0 saturated heterocycles. The van der Waals surface area contributed by atoms with Crippen molar-refractivity contribution in [2.24, 2.45) is 5.73 Å². The quantitative estimate of drug-likeness (QED) is 0.814. The Balaban J connectivity index is 2.85. The molecule has 0 saturated carbocycles. The topological polar surface area (TPSA) is 47.3 Å². The highest BCUT2D eigenvalue weighted by molar-refractivity contribution is 5.41. The molecule has 0 radical (unpaired) electrons. The van der Waals surface area contributed by atoms with Gasteiger partial charge in [-0.3, -0.25) is 0 Å². The van der Waals surface area contributed by atoms with E-state index in [9.17, 15) is 0 Å². The van der Waals surface area contributed by atoms with Crippen molar-refractivity contribution in [3.05, 3.63) is 29.3 Å². The lowest BCUT2D eigenvalue weighted by Crippen LogP contribution is -2.39. The first-order valence-corrected chi connectivity index (χ1v) is 6.48. The smallest absolute Gasteiger partial charge is 0.122 e. The molecule has 3 heteroatoms. The van der Waals surface area contributed by atoms with E-state index in [1.807, 2.05) is 13.0 Å². The molecule has 1 aromatic rings. The van der Waals surface area contributed by atoms with E-state index in [0.717, 1.165) is 18.8 Å². The lowest BCUT2D eigenvalue weighted by molar-refractivity contribution is 0.384. The summed E-state index contributed by atoms with van der Waals surface area (Å²) in [5.74, 6) is 0.952. The molecule has 1 aromatic carbocycles. The van der Waals surface area contributed by atoms with Gasteiger partial charge in [-0.1, -0.05) is 31.5 Å². The molecule has 1 rings (SSSR count). The number of aryl methyl sites for hydroxylation is 1. The number of methoxy groups -OCH3 is 1. The van der Waals surface area contributed by atoms with Crippen molar-refractivity contribution >= 4 is 0 Å². The van der Waals surface area contributed by atoms with Crippen molar-refractivity contribution in [2.75, 3.05) is 20.2 Å². The average molecular weight is 250 g/mol. The van der Waals surface area contributed by atoms with E-state index >= 15 is 0 Å². The summed E-state index contributed by atoms with van der Waals surface area (Å²) in [6, 6.07) is 6.50. The highest BCUT2D eigenvalue weighted by Gasteiger charge is 2.24. The summed E-state index contributed by atoms with van der Waals surface area (Å²) in [6.07, 6.45) is 0. The fraction of sp³-hybridized carbons (Fsp3) is 0.600. The van der Waals surface area contributed by atoms with Crippen molar-refractivity contribution in [1.82, 2.24) is 5.32 Å². The average Bonchev–Trinajstić information content (AvgIpc) is 2.28. The molecule has 0 amide bonds. The monoisotopic (exact) mass is 250 g/mol. The molecule has 3 nitrogen and oxygen atoms in total. The Labute approximate surface area is 111 Å². The molecule has 0 aliphatic rings. The highest BCUT2D eigenvalue weighted by atomic mass is 16.5. The number of benzene rings is 1. The Kier molecular flexibility index (Phi) is 5.17. The van der Waals surface area contributed by atoms with Gasteiger partial charge in [0.2, 0.25) is 0 Å². The second-order valence-corrected chi connectivity index (χ2v) is 5.70. The third-order valence-corrected chi connectivity index (χ3v) is 3.12. The van der Waals surface area contributed by atoms with Gasteiger partial charge in [0.15, 0.2) is 0 Å². The molecular formula is C15H26N2O. The van der Waals surface area contributed by atoms with Crippen molar-refractivity contribution in [3.63, 3.8) is 0 Å². The minimum Gasteiger partial charge on any atom is -0.496 e. The molecule has 0 aromatic heterocycles. The third kappa shape index (κ3) is 4.00. The Morgan fingerprint density at radius 2 is 2.06 bits per heavy atom. The van der Waals surface area contributed by atoms with Crippen LogP contribution in [0.15, 0.2) is 18.2 Å². The Morgan fingerprint density at radius 1 is 1.39 bits per heavy atom. The molecule has 18 heavy (non-hydrogen) atoms. The summed E-state index contributed by atoms with van der Waals surface area (Å²) < 4.78 is 5.46. The van der Waals surface area contributed by atoms with Gasteiger partial charge in [-0.2, -0.15) is 0 Å². The maximum absolute atomic E-state index is 5.75. The highest BCUT2D eigenvalue weighted by Crippen LogP contribution is 2.31. The number of hydrogen-bond donors (Lipinski definition) is 2. The summed E-state index contributed by atoms with van der Waals surface area (Å²) in [5, 5.41) is 3.41. The van der Waals surface area contributed by atoms with Gasteiger partial charge in [0.05, 0.1) is 7.11 Å². The second kappa shape index (κ2) is 6.21. The van der Waals surface area contributed by atoms with Crippen molar-refractivity contribution in [1.29, 1.82) is 0 Å². The van der Waals surface area contributed by atoms with Crippen LogP contribution in [0.5, 0.6) is 5.75 Å². The summed E-state index contributed by atoms with van der Waals surface area (Å²) in [6.45, 7) is 10.3. The third-order valence-electron chi connectivity index (χ3n) is 3.12. The Morgan fingerprint density at radius 3 is 2.61 bits per heavy atom. The predicted octanol–water partition coefficient (Wildman–Crippen LogP) is 2.22. The molecule has 0 aliphatic carbocycles. The molecule has 0 bridgehead atoms. The summed E-state index contributed by atoms with van der Waals surface area (Å²) in [4.78, 5) is 0. The van der Waals surface area contributed by atoms with Crippen LogP contribution in [0.4, 0.5) is 0 Å². The lowest BCUT2D eigenvalue weighted by atomic mass is 9.83. The van der Waals surface area contributed by atoms with Gasteiger partial charge in [-0.05, 0) is 19.9 Å². The van der Waals surface area contributed by atoms with Gasteiger partial charge in [-0.15, -0.1) is 0 Å². The van der Waals surface area contributed by atoms with E-state index < -0.39 is 0 Å². The predicted molar refractivity (Wildman–Crippen MR) is 77.3 cm³/mol. The zero-order valence-electron chi connectivity index (χ0n) is 12.2. The van der Waals surface area contributed by atoms with E-state index in [2.05, 4.69) is 38.2 Å². The van der Waals surface area contributed by atoms with Crippen LogP contribution in [0.3, 0.4) is 0 Å². The van der Waals surface area contributed by atoms with E-state index in [4.69, 9.17) is 10.5 Å². The molecule has 0 fully saturated rings. The number of rotatable bonds is 6. The van der Waals surface area contributed by atoms with Crippen LogP contribution in [0.1, 0.15) is 31.9 Å². The molecule has 0 heterocycles. The summed E-state index contributed by atoms with van der Waals surface area (Å²) in [7, 11) is 1.72. The van der Waals surface area contributed by atoms with Crippen LogP contribution in [-0.4, -0.2) is 26.2 Å². The zero-order chi connectivity index (χ0) is 13.8. The Hall–Kier alpha value is -1.06. The van der Waals surface area contributed by atoms with Crippen molar-refractivity contribution < 1.29 is 4.74 Å². The van der Waals surface area contributed by atoms with Crippen LogP contribution in [0.25, 0.3) is 0 Å². The lowest BCUT2D eigenvalue weighted by Gasteiger charge is -2.28. The van der Waals surface area contributed by atoms with Gasteiger partial charge in [0.25, 0.3) is 0 Å². The maximum Gasteiger partial charge on any atom is 0.122 e. The summed E-state index contributed by atoms with van der Waals surface area (Å²) in [5.41, 5.74) is 8.27. The Bertz CT molecular complexity index is 386. The minimum atomic E-state index is 0.0201. The minimum absolute atomic E-state index is 0.0201. The van der Waals surface area contributed by atoms with Crippen LogP contribution in [-0.2, 0) is 5.41 Å². The van der Waals surface area contributed by atoms with E-state index in [-0.39, 0.29) is 11.5 Å². The zero-order valence-corrected chi connectivity index (χ0v) is 12.2. The van der Waals surface area contributed by atoms with Crippen LogP contribution < -0.4 is 15.8 Å². The van der Waals surface area contributed by atoms with Gasteiger partial charge >= 0.3 is 0 Å². The molecular weight excluding hydrogens is 224 g/mol. The van der Waals surface area contributed by atoms with Gasteiger partial charge in [0.1, 0.15) is 5.75 Å². The molecule has 0 spiro atoms. The van der Waals surface area contributed by atoms with Crippen LogP contribution in [0.2, 0.25) is 0 Å². The van der Waals surface area contributed by atoms with E-state index in [1.54, 1.807) is 7.11 Å². The van der Waals surface area contributed by atoms with Crippen LogP contribution >= 0.6 is 0 Å². The SMILES string of the molecule is COc1ccc(C)cc1C(C)(C)CNCC(C)N. The van der Waals surface area contributed by atoms with Gasteiger partial charge < -0.3 is 15.8 Å². The molecule has 1 atom stereocenters. The van der Waals surface area contributed by atoms with E-state index in [0.29, 0.717) is 0 Å². The first-order valence-electron chi connectivity index (χ1n) is 6.48. The number of nitrogens with one attached hydrogen (secondary N) is 1. The number of hydrogen-bond acceptors (Lipinski definition) is 3. The maximum atomic E-state index is 5.75. The normalized spacial score (nSPS) is 13.4. The fourth-order valence-electron chi connectivity index (χ4n) is 2.06. The van der Waals surface area contributed by atoms with E-state index in [1.165, 1.54) is 11.1 Å². The first kappa shape index (κ1) is 15.0. The number of ether oxygens (including phenoxy) is 1. The molecule has 3 N–H and O–H groups in total. The van der Waals surface area contributed by atoms with Gasteiger partial charge in [0, 0.05) is 30.1 Å².